The summed E-state index contributed by atoms with van der Waals surface area (Å²) in [4.78, 5) is 13.2. The van der Waals surface area contributed by atoms with Crippen molar-refractivity contribution in [2.24, 2.45) is 0 Å². The molecular formula is C68H121NO13. The Kier molecular flexibility index (Phi) is 48.6. The quantitative estimate of drug-likeness (QED) is 0.0204. The van der Waals surface area contributed by atoms with Gasteiger partial charge in [-0.05, 0) is 64.2 Å². The van der Waals surface area contributed by atoms with Gasteiger partial charge in [0.25, 0.3) is 0 Å². The van der Waals surface area contributed by atoms with Crippen LogP contribution in [-0.4, -0.2) is 140 Å². The summed E-state index contributed by atoms with van der Waals surface area (Å²) in [6, 6.07) is -0.928. The summed E-state index contributed by atoms with van der Waals surface area (Å²) < 4.78 is 22.7. The SMILES string of the molecule is CC/C=C\C/C=C\C/C=C\C/C=C\CCCCCCCCCCCCCCCCCCCCCCCCCCCCCCC(=O)NC(COC1OC(CO)C(OC2OC(CO)C(O)C(O)C2O)C(O)C1O)C(O)/C=C/CC/C=C/CCC. The van der Waals surface area contributed by atoms with Gasteiger partial charge in [-0.2, -0.15) is 0 Å². The molecule has 12 unspecified atom stereocenters. The van der Waals surface area contributed by atoms with Crippen LogP contribution >= 0.6 is 0 Å². The maximum Gasteiger partial charge on any atom is 0.220 e. The van der Waals surface area contributed by atoms with E-state index in [1.165, 1.54) is 161 Å². The van der Waals surface area contributed by atoms with Crippen molar-refractivity contribution in [2.75, 3.05) is 19.8 Å². The Morgan fingerprint density at radius 2 is 0.854 bits per heavy atom. The summed E-state index contributed by atoms with van der Waals surface area (Å²) in [7, 11) is 0. The van der Waals surface area contributed by atoms with Crippen LogP contribution in [0.2, 0.25) is 0 Å². The number of ether oxygens (including phenoxy) is 4. The molecule has 0 radical (unpaired) electrons. The second kappa shape index (κ2) is 52.7. The molecule has 0 aromatic heterocycles. The zero-order valence-electron chi connectivity index (χ0n) is 51.5. The lowest BCUT2D eigenvalue weighted by atomic mass is 9.97. The lowest BCUT2D eigenvalue weighted by molar-refractivity contribution is -0.359. The molecule has 2 fully saturated rings. The van der Waals surface area contributed by atoms with Crippen LogP contribution in [0.4, 0.5) is 0 Å². The van der Waals surface area contributed by atoms with Crippen LogP contribution < -0.4 is 5.32 Å². The van der Waals surface area contributed by atoms with E-state index in [9.17, 15) is 45.6 Å². The molecule has 0 saturated carbocycles. The Morgan fingerprint density at radius 3 is 1.33 bits per heavy atom. The molecule has 2 heterocycles. The van der Waals surface area contributed by atoms with Crippen molar-refractivity contribution < 1.29 is 64.6 Å². The van der Waals surface area contributed by atoms with Gasteiger partial charge in [-0.3, -0.25) is 4.79 Å². The minimum Gasteiger partial charge on any atom is -0.394 e. The lowest BCUT2D eigenvalue weighted by Crippen LogP contribution is -2.65. The molecule has 9 N–H and O–H groups in total. The number of hydrogen-bond donors (Lipinski definition) is 9. The van der Waals surface area contributed by atoms with E-state index >= 15 is 0 Å². The normalized spacial score (nSPS) is 24.4. The summed E-state index contributed by atoms with van der Waals surface area (Å²) in [5.41, 5.74) is 0. The van der Waals surface area contributed by atoms with Crippen LogP contribution in [0.5, 0.6) is 0 Å². The molecule has 14 heteroatoms. The van der Waals surface area contributed by atoms with Gasteiger partial charge in [0.15, 0.2) is 12.6 Å². The van der Waals surface area contributed by atoms with Crippen LogP contribution in [0.15, 0.2) is 72.9 Å². The molecule has 14 nitrogen and oxygen atoms in total. The van der Waals surface area contributed by atoms with Gasteiger partial charge in [0.1, 0.15) is 48.8 Å². The standard InChI is InChI=1S/C68H121NO13/c1-3-5-7-9-11-12-13-14-15-16-17-18-19-20-21-22-23-24-25-26-27-28-29-30-31-32-33-34-35-36-37-38-39-40-41-42-43-44-46-48-50-52-60(73)69-56(57(72)51-49-47-45-10-8-6-4-2)55-79-67-65(78)63(76)66(59(54-71)81-67)82-68-64(77)62(75)61(74)58(53-70)80-68/h5,7-8,10-12,14-15,17-18,49,51,56-59,61-68,70-72,74-78H,3-4,6,9,13,16,19-48,50,52-55H2,1-2H3,(H,69,73)/b7-5-,10-8+,12-11-,15-14-,18-17-,51-49+. The van der Waals surface area contributed by atoms with Crippen LogP contribution in [0.25, 0.3) is 0 Å². The third-order valence-electron chi connectivity index (χ3n) is 15.9. The smallest absolute Gasteiger partial charge is 0.220 e. The summed E-state index contributed by atoms with van der Waals surface area (Å²) in [6.07, 6.45) is 54.8. The molecule has 2 aliphatic heterocycles. The van der Waals surface area contributed by atoms with Crippen molar-refractivity contribution >= 4 is 5.91 Å². The number of amides is 1. The van der Waals surface area contributed by atoms with E-state index in [4.69, 9.17) is 18.9 Å². The van der Waals surface area contributed by atoms with E-state index in [-0.39, 0.29) is 18.9 Å². The fraction of sp³-hybridized carbons (Fsp3) is 0.809. The number of rotatable bonds is 53. The number of carbonyl (C=O) groups is 1. The zero-order valence-corrected chi connectivity index (χ0v) is 51.5. The van der Waals surface area contributed by atoms with E-state index in [0.717, 1.165) is 64.2 Å². The van der Waals surface area contributed by atoms with Crippen LogP contribution in [-0.2, 0) is 23.7 Å². The zero-order chi connectivity index (χ0) is 59.5. The van der Waals surface area contributed by atoms with Crippen molar-refractivity contribution in [3.8, 4) is 0 Å². The number of unbranched alkanes of at least 4 members (excludes halogenated alkanes) is 30. The molecule has 0 aromatic carbocycles. The first kappa shape index (κ1) is 75.5. The average Bonchev–Trinajstić information content (AvgIpc) is 3.65. The molecular weight excluding hydrogens is 1040 g/mol. The molecule has 1 amide bonds. The largest absolute Gasteiger partial charge is 0.394 e. The number of aliphatic hydroxyl groups is 8. The maximum atomic E-state index is 13.2. The van der Waals surface area contributed by atoms with Gasteiger partial charge in [-0.25, -0.2) is 0 Å². The van der Waals surface area contributed by atoms with Gasteiger partial charge in [0.2, 0.25) is 5.91 Å². The van der Waals surface area contributed by atoms with Crippen LogP contribution in [0, 0.1) is 0 Å². The molecule has 12 atom stereocenters. The third-order valence-corrected chi connectivity index (χ3v) is 15.9. The van der Waals surface area contributed by atoms with E-state index < -0.39 is 86.8 Å². The van der Waals surface area contributed by atoms with Crippen LogP contribution in [0.3, 0.4) is 0 Å². The van der Waals surface area contributed by atoms with Crippen molar-refractivity contribution in [3.63, 3.8) is 0 Å². The predicted molar refractivity (Wildman–Crippen MR) is 332 cm³/mol. The predicted octanol–water partition coefficient (Wildman–Crippen LogP) is 12.7. The maximum absolute atomic E-state index is 13.2. The minimum absolute atomic E-state index is 0.251. The van der Waals surface area contributed by atoms with Crippen LogP contribution in [0.1, 0.15) is 258 Å². The van der Waals surface area contributed by atoms with Gasteiger partial charge in [-0.15, -0.1) is 0 Å². The third kappa shape index (κ3) is 37.1. The first-order valence-electron chi connectivity index (χ1n) is 33.2. The Morgan fingerprint density at radius 1 is 0.451 bits per heavy atom. The topological polar surface area (TPSA) is 228 Å². The number of carbonyl (C=O) groups excluding carboxylic acids is 1. The molecule has 0 aromatic rings. The number of nitrogens with one attached hydrogen (secondary N) is 1. The molecule has 82 heavy (non-hydrogen) atoms. The van der Waals surface area contributed by atoms with E-state index in [1.807, 2.05) is 6.08 Å². The minimum atomic E-state index is -1.79. The molecule has 2 saturated heterocycles. The van der Waals surface area contributed by atoms with Gasteiger partial charge in [-0.1, -0.05) is 260 Å². The number of hydrogen-bond acceptors (Lipinski definition) is 13. The molecule has 476 valence electrons. The van der Waals surface area contributed by atoms with E-state index in [2.05, 4.69) is 79.9 Å². The average molecular weight is 1160 g/mol. The van der Waals surface area contributed by atoms with Gasteiger partial charge < -0.3 is 65.1 Å². The lowest BCUT2D eigenvalue weighted by Gasteiger charge is -2.46. The van der Waals surface area contributed by atoms with Gasteiger partial charge in [0.05, 0.1) is 32.0 Å². The summed E-state index contributed by atoms with van der Waals surface area (Å²) in [6.45, 7) is 2.55. The summed E-state index contributed by atoms with van der Waals surface area (Å²) >= 11 is 0. The summed E-state index contributed by atoms with van der Waals surface area (Å²) in [5, 5.41) is 86.7. The summed E-state index contributed by atoms with van der Waals surface area (Å²) in [5.74, 6) is -0.251. The first-order chi connectivity index (χ1) is 40.1. The van der Waals surface area contributed by atoms with Crippen molar-refractivity contribution in [2.45, 2.75) is 331 Å². The van der Waals surface area contributed by atoms with Crippen molar-refractivity contribution in [1.29, 1.82) is 0 Å². The highest BCUT2D eigenvalue weighted by Gasteiger charge is 2.51. The molecule has 0 aliphatic carbocycles. The molecule has 0 spiro atoms. The van der Waals surface area contributed by atoms with Gasteiger partial charge in [0, 0.05) is 6.42 Å². The van der Waals surface area contributed by atoms with E-state index in [0.29, 0.717) is 12.8 Å². The molecule has 0 bridgehead atoms. The second-order valence-corrected chi connectivity index (χ2v) is 23.2. The van der Waals surface area contributed by atoms with E-state index in [1.54, 1.807) is 6.08 Å². The van der Waals surface area contributed by atoms with Crippen molar-refractivity contribution in [3.05, 3.63) is 72.9 Å². The Balaban J connectivity index is 1.47. The number of aliphatic hydroxyl groups excluding tert-OH is 8. The molecule has 2 aliphatic rings. The Bertz CT molecular complexity index is 1650. The monoisotopic (exact) mass is 1160 g/mol. The van der Waals surface area contributed by atoms with Gasteiger partial charge >= 0.3 is 0 Å². The number of allylic oxidation sites excluding steroid dienone is 11. The Labute approximate surface area is 498 Å². The highest BCUT2D eigenvalue weighted by atomic mass is 16.7. The highest BCUT2D eigenvalue weighted by Crippen LogP contribution is 2.30. The molecule has 2 rings (SSSR count). The highest BCUT2D eigenvalue weighted by molar-refractivity contribution is 5.76. The Hall–Kier alpha value is -2.57. The van der Waals surface area contributed by atoms with Crippen molar-refractivity contribution in [1.82, 2.24) is 5.32 Å². The fourth-order valence-corrected chi connectivity index (χ4v) is 10.6. The second-order valence-electron chi connectivity index (χ2n) is 23.2. The first-order valence-corrected chi connectivity index (χ1v) is 33.2. The fourth-order valence-electron chi connectivity index (χ4n) is 10.6.